The van der Waals surface area contributed by atoms with Crippen LogP contribution in [0.25, 0.3) is 10.8 Å². The van der Waals surface area contributed by atoms with E-state index in [0.29, 0.717) is 22.4 Å². The van der Waals surface area contributed by atoms with Crippen LogP contribution < -0.4 is 4.74 Å². The van der Waals surface area contributed by atoms with Gasteiger partial charge in [-0.3, -0.25) is 0 Å². The lowest BCUT2D eigenvalue weighted by Crippen LogP contribution is -2.00. The van der Waals surface area contributed by atoms with Crippen molar-refractivity contribution in [3.05, 3.63) is 88.4 Å². The summed E-state index contributed by atoms with van der Waals surface area (Å²) in [7, 11) is 0. The first-order valence-electron chi connectivity index (χ1n) is 8.18. The van der Waals surface area contributed by atoms with Crippen molar-refractivity contribution in [3.63, 3.8) is 0 Å². The third-order valence-corrected chi connectivity index (χ3v) is 4.64. The van der Waals surface area contributed by atoms with Gasteiger partial charge in [-0.2, -0.15) is 5.10 Å². The molecule has 0 aliphatic heterocycles. The van der Waals surface area contributed by atoms with Crippen LogP contribution in [0.4, 0.5) is 0 Å². The SMILES string of the molecule is Clc1ccc(COc2ccc3ccccc3c2C=Nn2cnnc2)c(Cl)c1. The van der Waals surface area contributed by atoms with E-state index < -0.39 is 0 Å². The van der Waals surface area contributed by atoms with Crippen molar-refractivity contribution < 1.29 is 4.74 Å². The van der Waals surface area contributed by atoms with Crippen molar-refractivity contribution in [1.29, 1.82) is 0 Å². The van der Waals surface area contributed by atoms with Gasteiger partial charge in [-0.05, 0) is 29.0 Å². The van der Waals surface area contributed by atoms with E-state index in [4.69, 9.17) is 27.9 Å². The fourth-order valence-corrected chi connectivity index (χ4v) is 3.17. The third kappa shape index (κ3) is 3.94. The van der Waals surface area contributed by atoms with Crippen molar-refractivity contribution in [1.82, 2.24) is 14.9 Å². The molecule has 0 fully saturated rings. The molecule has 4 rings (SSSR count). The van der Waals surface area contributed by atoms with Crippen LogP contribution in [-0.2, 0) is 6.61 Å². The summed E-state index contributed by atoms with van der Waals surface area (Å²) in [6.07, 6.45) is 4.79. The van der Waals surface area contributed by atoms with Gasteiger partial charge in [-0.25, -0.2) is 4.68 Å². The lowest BCUT2D eigenvalue weighted by molar-refractivity contribution is 0.306. The monoisotopic (exact) mass is 396 g/mol. The minimum Gasteiger partial charge on any atom is -0.488 e. The Balaban J connectivity index is 1.69. The number of rotatable bonds is 5. The maximum absolute atomic E-state index is 6.25. The van der Waals surface area contributed by atoms with Crippen LogP contribution >= 0.6 is 23.2 Å². The predicted molar refractivity (Wildman–Crippen MR) is 108 cm³/mol. The van der Waals surface area contributed by atoms with Gasteiger partial charge in [-0.1, -0.05) is 59.6 Å². The number of hydrogen-bond acceptors (Lipinski definition) is 4. The van der Waals surface area contributed by atoms with Gasteiger partial charge in [0.1, 0.15) is 25.0 Å². The summed E-state index contributed by atoms with van der Waals surface area (Å²) >= 11 is 12.2. The zero-order valence-electron chi connectivity index (χ0n) is 14.1. The van der Waals surface area contributed by atoms with E-state index in [-0.39, 0.29) is 0 Å². The summed E-state index contributed by atoms with van der Waals surface area (Å²) in [6, 6.07) is 17.4. The molecule has 5 nitrogen and oxygen atoms in total. The molecule has 1 aromatic heterocycles. The van der Waals surface area contributed by atoms with E-state index >= 15 is 0 Å². The van der Waals surface area contributed by atoms with Crippen LogP contribution in [0.3, 0.4) is 0 Å². The summed E-state index contributed by atoms with van der Waals surface area (Å²) in [5.74, 6) is 0.705. The van der Waals surface area contributed by atoms with Gasteiger partial charge in [0.25, 0.3) is 0 Å². The van der Waals surface area contributed by atoms with Gasteiger partial charge in [-0.15, -0.1) is 10.2 Å². The largest absolute Gasteiger partial charge is 0.488 e. The summed E-state index contributed by atoms with van der Waals surface area (Å²) in [4.78, 5) is 0. The summed E-state index contributed by atoms with van der Waals surface area (Å²) in [5, 5.41) is 15.2. The first-order valence-corrected chi connectivity index (χ1v) is 8.94. The maximum atomic E-state index is 6.25. The summed E-state index contributed by atoms with van der Waals surface area (Å²) in [6.45, 7) is 0.321. The Hall–Kier alpha value is -2.89. The molecule has 3 aromatic carbocycles. The standard InChI is InChI=1S/C20H14Cl2N4O/c21-16-7-5-15(19(22)9-16)11-27-20-8-6-14-3-1-2-4-17(14)18(20)10-25-26-12-23-24-13-26/h1-10,12-13H,11H2. The number of benzene rings is 3. The Labute approximate surface area is 165 Å². The normalized spacial score (nSPS) is 11.3. The van der Waals surface area contributed by atoms with Crippen LogP contribution in [-0.4, -0.2) is 21.1 Å². The quantitative estimate of drug-likeness (QED) is 0.435. The molecule has 0 saturated heterocycles. The van der Waals surface area contributed by atoms with Crippen LogP contribution in [0, 0.1) is 0 Å². The minimum atomic E-state index is 0.321. The Morgan fingerprint density at radius 2 is 1.81 bits per heavy atom. The molecule has 7 heteroatoms. The zero-order chi connectivity index (χ0) is 18.6. The average molecular weight is 397 g/mol. The Bertz CT molecular complexity index is 1110. The van der Waals surface area contributed by atoms with Crippen LogP contribution in [0.1, 0.15) is 11.1 Å². The molecule has 134 valence electrons. The molecular formula is C20H14Cl2N4O. The maximum Gasteiger partial charge on any atom is 0.141 e. The zero-order valence-corrected chi connectivity index (χ0v) is 15.6. The second-order valence-corrected chi connectivity index (χ2v) is 6.65. The highest BCUT2D eigenvalue weighted by atomic mass is 35.5. The smallest absolute Gasteiger partial charge is 0.141 e. The molecule has 27 heavy (non-hydrogen) atoms. The highest BCUT2D eigenvalue weighted by Gasteiger charge is 2.09. The van der Waals surface area contributed by atoms with E-state index in [0.717, 1.165) is 21.9 Å². The van der Waals surface area contributed by atoms with Gasteiger partial charge < -0.3 is 4.74 Å². The molecule has 0 bridgehead atoms. The van der Waals surface area contributed by atoms with Crippen molar-refractivity contribution in [2.75, 3.05) is 0 Å². The molecule has 0 N–H and O–H groups in total. The molecule has 0 spiro atoms. The Kier molecular flexibility index (Phi) is 5.05. The summed E-state index contributed by atoms with van der Waals surface area (Å²) in [5.41, 5.74) is 1.72. The molecule has 1 heterocycles. The second kappa shape index (κ2) is 7.78. The van der Waals surface area contributed by atoms with Gasteiger partial charge in [0.05, 0.1) is 6.21 Å². The highest BCUT2D eigenvalue weighted by molar-refractivity contribution is 6.35. The van der Waals surface area contributed by atoms with Crippen molar-refractivity contribution in [2.24, 2.45) is 5.10 Å². The molecule has 0 radical (unpaired) electrons. The van der Waals surface area contributed by atoms with Gasteiger partial charge in [0.2, 0.25) is 0 Å². The summed E-state index contributed by atoms with van der Waals surface area (Å²) < 4.78 is 7.59. The number of fused-ring (bicyclic) bond motifs is 1. The first kappa shape index (κ1) is 17.5. The molecule has 0 atom stereocenters. The molecule has 0 saturated carbocycles. The molecule has 0 aliphatic rings. The topological polar surface area (TPSA) is 52.3 Å². The number of hydrogen-bond donors (Lipinski definition) is 0. The first-order chi connectivity index (χ1) is 13.2. The molecule has 4 aromatic rings. The van der Waals surface area contributed by atoms with Crippen molar-refractivity contribution in [3.8, 4) is 5.75 Å². The minimum absolute atomic E-state index is 0.321. The molecule has 0 unspecified atom stereocenters. The molecule has 0 aliphatic carbocycles. The van der Waals surface area contributed by atoms with Gasteiger partial charge >= 0.3 is 0 Å². The number of aromatic nitrogens is 3. The van der Waals surface area contributed by atoms with E-state index in [1.807, 2.05) is 42.5 Å². The fourth-order valence-electron chi connectivity index (χ4n) is 2.71. The lowest BCUT2D eigenvalue weighted by atomic mass is 10.0. The van der Waals surface area contributed by atoms with E-state index in [9.17, 15) is 0 Å². The third-order valence-electron chi connectivity index (χ3n) is 4.06. The van der Waals surface area contributed by atoms with Crippen LogP contribution in [0.2, 0.25) is 10.0 Å². The average Bonchev–Trinajstić information content (AvgIpc) is 3.19. The van der Waals surface area contributed by atoms with Crippen LogP contribution in [0.15, 0.2) is 72.4 Å². The van der Waals surface area contributed by atoms with Crippen molar-refractivity contribution >= 4 is 40.2 Å². The number of nitrogens with zero attached hydrogens (tertiary/aromatic N) is 4. The van der Waals surface area contributed by atoms with E-state index in [2.05, 4.69) is 15.3 Å². The number of ether oxygens (including phenoxy) is 1. The van der Waals surface area contributed by atoms with Gasteiger partial charge in [0.15, 0.2) is 0 Å². The Morgan fingerprint density at radius 3 is 2.63 bits per heavy atom. The van der Waals surface area contributed by atoms with Gasteiger partial charge in [0, 0.05) is 21.2 Å². The lowest BCUT2D eigenvalue weighted by Gasteiger charge is -2.12. The van der Waals surface area contributed by atoms with E-state index in [1.54, 1.807) is 18.3 Å². The Morgan fingerprint density at radius 1 is 1.00 bits per heavy atom. The van der Waals surface area contributed by atoms with E-state index in [1.165, 1.54) is 17.3 Å². The number of halogens is 2. The molecule has 0 amide bonds. The second-order valence-electron chi connectivity index (χ2n) is 5.81. The predicted octanol–water partition coefficient (Wildman–Crippen LogP) is 5.20. The van der Waals surface area contributed by atoms with Crippen molar-refractivity contribution in [2.45, 2.75) is 6.61 Å². The molecular weight excluding hydrogens is 383 g/mol. The fraction of sp³-hybridized carbons (Fsp3) is 0.0500. The highest BCUT2D eigenvalue weighted by Crippen LogP contribution is 2.29. The van der Waals surface area contributed by atoms with Crippen LogP contribution in [0.5, 0.6) is 5.75 Å².